The summed E-state index contributed by atoms with van der Waals surface area (Å²) in [5, 5.41) is 0. The Morgan fingerprint density at radius 2 is 1.85 bits per heavy atom. The highest BCUT2D eigenvalue weighted by Gasteiger charge is 2.39. The Hall–Kier alpha value is -2.23. The summed E-state index contributed by atoms with van der Waals surface area (Å²) >= 11 is 6.41. The highest BCUT2D eigenvalue weighted by atomic mass is 32.2. The molecule has 0 atom stereocenters. The summed E-state index contributed by atoms with van der Waals surface area (Å²) in [7, 11) is 0. The summed E-state index contributed by atoms with van der Waals surface area (Å²) in [6.45, 7) is 2.39. The second-order valence-electron chi connectivity index (χ2n) is 6.16. The molecular formula is C18H16N2O5S2. The number of hydrogen-bond donors (Lipinski definition) is 0. The van der Waals surface area contributed by atoms with Crippen molar-refractivity contribution >= 4 is 51.8 Å². The molecule has 7 nitrogen and oxygen atoms in total. The molecule has 3 aliphatic heterocycles. The second kappa shape index (κ2) is 7.41. The number of fused-ring (bicyclic) bond motifs is 1. The van der Waals surface area contributed by atoms with Gasteiger partial charge in [-0.2, -0.15) is 0 Å². The topological polar surface area (TPSA) is 76.2 Å². The zero-order valence-electron chi connectivity index (χ0n) is 14.3. The molecular weight excluding hydrogens is 388 g/mol. The van der Waals surface area contributed by atoms with Gasteiger partial charge in [0.15, 0.2) is 5.76 Å². The van der Waals surface area contributed by atoms with Crippen molar-refractivity contribution < 1.29 is 23.9 Å². The number of esters is 1. The van der Waals surface area contributed by atoms with E-state index in [4.69, 9.17) is 21.7 Å². The van der Waals surface area contributed by atoms with Crippen LogP contribution in [0.3, 0.4) is 0 Å². The Morgan fingerprint density at radius 1 is 1.15 bits per heavy atom. The molecule has 140 valence electrons. The first kappa shape index (κ1) is 18.1. The van der Waals surface area contributed by atoms with Crippen molar-refractivity contribution in [3.8, 4) is 0 Å². The smallest absolute Gasteiger partial charge is 0.344 e. The van der Waals surface area contributed by atoms with Gasteiger partial charge in [0.25, 0.3) is 5.91 Å². The predicted molar refractivity (Wildman–Crippen MR) is 103 cm³/mol. The van der Waals surface area contributed by atoms with Gasteiger partial charge in [0.1, 0.15) is 9.23 Å². The molecule has 4 rings (SSSR count). The van der Waals surface area contributed by atoms with Crippen molar-refractivity contribution in [1.82, 2.24) is 9.80 Å². The number of thioether (sulfide) groups is 1. The Morgan fingerprint density at radius 3 is 2.59 bits per heavy atom. The number of rotatable bonds is 3. The van der Waals surface area contributed by atoms with Gasteiger partial charge in [0, 0.05) is 31.6 Å². The minimum absolute atomic E-state index is 0.0300. The maximum atomic E-state index is 12.8. The quantitative estimate of drug-likeness (QED) is 0.431. The van der Waals surface area contributed by atoms with Gasteiger partial charge >= 0.3 is 5.97 Å². The number of carbonyl (C=O) groups excluding carboxylic acids is 3. The van der Waals surface area contributed by atoms with E-state index in [0.29, 0.717) is 41.8 Å². The fraction of sp³-hybridized carbons (Fsp3) is 0.333. The molecule has 0 radical (unpaired) electrons. The molecule has 2 amide bonds. The summed E-state index contributed by atoms with van der Waals surface area (Å²) in [5.41, 5.74) is 1.02. The van der Waals surface area contributed by atoms with Gasteiger partial charge < -0.3 is 14.4 Å². The van der Waals surface area contributed by atoms with E-state index in [2.05, 4.69) is 0 Å². The van der Waals surface area contributed by atoms with E-state index >= 15 is 0 Å². The van der Waals surface area contributed by atoms with Gasteiger partial charge in [0.2, 0.25) is 5.91 Å². The Labute approximate surface area is 165 Å². The van der Waals surface area contributed by atoms with Crippen molar-refractivity contribution in [2.45, 2.75) is 6.42 Å². The molecule has 0 aliphatic carbocycles. The number of benzene rings is 1. The molecule has 0 N–H and O–H groups in total. The summed E-state index contributed by atoms with van der Waals surface area (Å²) in [5.74, 6) is -0.597. The van der Waals surface area contributed by atoms with Crippen LogP contribution in [0.15, 0.2) is 29.2 Å². The average Bonchev–Trinajstić information content (AvgIpc) is 3.17. The number of thiocarbonyl (C=S) groups is 1. The summed E-state index contributed by atoms with van der Waals surface area (Å²) in [6.07, 6.45) is 0.186. The molecule has 27 heavy (non-hydrogen) atoms. The Kier molecular flexibility index (Phi) is 4.98. The molecule has 1 aromatic rings. The van der Waals surface area contributed by atoms with Crippen LogP contribution >= 0.6 is 24.0 Å². The van der Waals surface area contributed by atoms with E-state index in [1.807, 2.05) is 0 Å². The largest absolute Gasteiger partial charge is 0.421 e. The Balaban J connectivity index is 1.50. The summed E-state index contributed by atoms with van der Waals surface area (Å²) < 4.78 is 10.9. The lowest BCUT2D eigenvalue weighted by Gasteiger charge is -2.27. The lowest BCUT2D eigenvalue weighted by Crippen LogP contribution is -2.42. The minimum Gasteiger partial charge on any atom is -0.421 e. The monoisotopic (exact) mass is 404 g/mol. The van der Waals surface area contributed by atoms with E-state index < -0.39 is 5.97 Å². The molecule has 0 saturated carbocycles. The van der Waals surface area contributed by atoms with E-state index in [9.17, 15) is 14.4 Å². The third-order valence-electron chi connectivity index (χ3n) is 4.55. The number of nitrogens with zero attached hydrogens (tertiary/aromatic N) is 2. The molecule has 0 unspecified atom stereocenters. The van der Waals surface area contributed by atoms with Gasteiger partial charge in [0.05, 0.1) is 18.8 Å². The van der Waals surface area contributed by atoms with Crippen LogP contribution in [-0.2, 0) is 19.1 Å². The number of ether oxygens (including phenoxy) is 2. The average molecular weight is 404 g/mol. The minimum atomic E-state index is -0.478. The standard InChI is InChI=1S/C18H16N2O5S2/c21-13(19-7-9-24-10-8-19)5-6-20-16(22)15(27-18(20)26)14-11-3-1-2-4-12(11)17(23)25-14/h1-4H,5-10H2/b15-14-. The lowest BCUT2D eigenvalue weighted by atomic mass is 10.1. The van der Waals surface area contributed by atoms with Gasteiger partial charge in [-0.05, 0) is 6.07 Å². The number of carbonyl (C=O) groups is 3. The van der Waals surface area contributed by atoms with Crippen LogP contribution in [0.4, 0.5) is 0 Å². The lowest BCUT2D eigenvalue weighted by molar-refractivity contribution is -0.135. The van der Waals surface area contributed by atoms with Gasteiger partial charge in [-0.1, -0.05) is 42.2 Å². The summed E-state index contributed by atoms with van der Waals surface area (Å²) in [4.78, 5) is 40.6. The van der Waals surface area contributed by atoms with Crippen LogP contribution in [-0.4, -0.2) is 64.8 Å². The van der Waals surface area contributed by atoms with Crippen molar-refractivity contribution in [2.24, 2.45) is 0 Å². The van der Waals surface area contributed by atoms with Crippen LogP contribution in [0, 0.1) is 0 Å². The van der Waals surface area contributed by atoms with Crippen LogP contribution in [0.5, 0.6) is 0 Å². The number of cyclic esters (lactones) is 1. The van der Waals surface area contributed by atoms with E-state index in [1.165, 1.54) is 4.90 Å². The SMILES string of the molecule is O=C1O/C(=C2\SC(=S)N(CCC(=O)N3CCOCC3)C2=O)c2ccccc21. The normalized spacial score (nSPS) is 22.3. The van der Waals surface area contributed by atoms with Crippen molar-refractivity contribution in [1.29, 1.82) is 0 Å². The third-order valence-corrected chi connectivity index (χ3v) is 5.98. The van der Waals surface area contributed by atoms with Gasteiger partial charge in [-0.3, -0.25) is 14.5 Å². The molecule has 0 bridgehead atoms. The molecule has 2 fully saturated rings. The first-order valence-electron chi connectivity index (χ1n) is 8.51. The molecule has 9 heteroatoms. The van der Waals surface area contributed by atoms with Gasteiger partial charge in [-0.25, -0.2) is 4.79 Å². The van der Waals surface area contributed by atoms with Gasteiger partial charge in [-0.15, -0.1) is 0 Å². The fourth-order valence-corrected chi connectivity index (χ4v) is 4.46. The first-order chi connectivity index (χ1) is 13.1. The molecule has 1 aromatic carbocycles. The highest BCUT2D eigenvalue weighted by molar-refractivity contribution is 8.26. The number of amides is 2. The third kappa shape index (κ3) is 3.38. The molecule has 2 saturated heterocycles. The predicted octanol–water partition coefficient (Wildman–Crippen LogP) is 1.63. The van der Waals surface area contributed by atoms with Crippen molar-refractivity contribution in [3.05, 3.63) is 40.3 Å². The van der Waals surface area contributed by atoms with Crippen LogP contribution in [0.2, 0.25) is 0 Å². The molecule has 0 aromatic heterocycles. The molecule has 3 aliphatic rings. The zero-order chi connectivity index (χ0) is 19.0. The highest BCUT2D eigenvalue weighted by Crippen LogP contribution is 2.41. The van der Waals surface area contributed by atoms with Crippen LogP contribution in [0.1, 0.15) is 22.3 Å². The maximum absolute atomic E-state index is 12.8. The van der Waals surface area contributed by atoms with E-state index in [0.717, 1.165) is 11.8 Å². The van der Waals surface area contributed by atoms with Crippen molar-refractivity contribution in [2.75, 3.05) is 32.8 Å². The van der Waals surface area contributed by atoms with Crippen LogP contribution < -0.4 is 0 Å². The molecule has 3 heterocycles. The molecule has 0 spiro atoms. The number of hydrogen-bond acceptors (Lipinski definition) is 7. The zero-order valence-corrected chi connectivity index (χ0v) is 15.9. The Bertz CT molecular complexity index is 876. The maximum Gasteiger partial charge on any atom is 0.344 e. The summed E-state index contributed by atoms with van der Waals surface area (Å²) in [6, 6.07) is 6.92. The van der Waals surface area contributed by atoms with E-state index in [-0.39, 0.29) is 35.4 Å². The first-order valence-corrected chi connectivity index (χ1v) is 9.74. The fourth-order valence-electron chi connectivity index (χ4n) is 3.14. The van der Waals surface area contributed by atoms with Crippen molar-refractivity contribution in [3.63, 3.8) is 0 Å². The second-order valence-corrected chi connectivity index (χ2v) is 7.81. The van der Waals surface area contributed by atoms with Crippen LogP contribution in [0.25, 0.3) is 5.76 Å². The van der Waals surface area contributed by atoms with E-state index in [1.54, 1.807) is 29.2 Å². The number of morpholine rings is 1.